The van der Waals surface area contributed by atoms with Crippen molar-refractivity contribution in [2.24, 2.45) is 0 Å². The molecule has 0 aliphatic heterocycles. The van der Waals surface area contributed by atoms with Gasteiger partial charge < -0.3 is 20.1 Å². The van der Waals surface area contributed by atoms with Gasteiger partial charge in [-0.2, -0.15) is 0 Å². The predicted molar refractivity (Wildman–Crippen MR) is 104 cm³/mol. The van der Waals surface area contributed by atoms with Gasteiger partial charge in [0.25, 0.3) is 0 Å². The first-order valence-electron chi connectivity index (χ1n) is 9.53. The highest BCUT2D eigenvalue weighted by atomic mass is 16.5. The number of unbranched alkanes of at least 4 members (excludes halogenated alkanes) is 2. The number of benzene rings is 1. The molecule has 2 N–H and O–H groups in total. The number of hydrogen-bond acceptors (Lipinski definition) is 5. The lowest BCUT2D eigenvalue weighted by Crippen LogP contribution is -2.43. The highest BCUT2D eigenvalue weighted by Gasteiger charge is 2.21. The zero-order chi connectivity index (χ0) is 20.1. The Morgan fingerprint density at radius 1 is 0.963 bits per heavy atom. The van der Waals surface area contributed by atoms with Gasteiger partial charge in [0.05, 0.1) is 18.8 Å². The molecular formula is C20H30N2O5. The molecule has 0 saturated carbocycles. The molecule has 1 rings (SSSR count). The van der Waals surface area contributed by atoms with Gasteiger partial charge in [0.15, 0.2) is 0 Å². The van der Waals surface area contributed by atoms with E-state index in [0.717, 1.165) is 25.7 Å². The zero-order valence-corrected chi connectivity index (χ0v) is 16.4. The lowest BCUT2D eigenvalue weighted by atomic mass is 10.1. The van der Waals surface area contributed by atoms with Gasteiger partial charge in [-0.15, -0.1) is 0 Å². The highest BCUT2D eigenvalue weighted by molar-refractivity contribution is 5.94. The molecule has 1 aromatic carbocycles. The Morgan fingerprint density at radius 2 is 1.63 bits per heavy atom. The lowest BCUT2D eigenvalue weighted by molar-refractivity contribution is -0.145. The molecule has 1 atom stereocenters. The van der Waals surface area contributed by atoms with E-state index in [1.165, 1.54) is 0 Å². The van der Waals surface area contributed by atoms with Crippen LogP contribution < -0.4 is 10.6 Å². The van der Waals surface area contributed by atoms with Crippen molar-refractivity contribution in [3.8, 4) is 0 Å². The van der Waals surface area contributed by atoms with Crippen LogP contribution in [0.2, 0.25) is 0 Å². The van der Waals surface area contributed by atoms with Crippen LogP contribution in [0.25, 0.3) is 0 Å². The largest absolute Gasteiger partial charge is 0.464 e. The molecule has 0 aliphatic carbocycles. The fourth-order valence-corrected chi connectivity index (χ4v) is 2.31. The molecule has 0 saturated heterocycles. The quantitative estimate of drug-likeness (QED) is 0.450. The van der Waals surface area contributed by atoms with Crippen molar-refractivity contribution in [3.63, 3.8) is 0 Å². The van der Waals surface area contributed by atoms with Gasteiger partial charge in [-0.1, -0.05) is 33.1 Å². The molecule has 0 bridgehead atoms. The minimum Gasteiger partial charge on any atom is -0.464 e. The fourth-order valence-electron chi connectivity index (χ4n) is 2.31. The van der Waals surface area contributed by atoms with E-state index in [2.05, 4.69) is 10.6 Å². The summed E-state index contributed by atoms with van der Waals surface area (Å²) in [4.78, 5) is 36.0. The van der Waals surface area contributed by atoms with E-state index in [4.69, 9.17) is 9.47 Å². The third-order valence-corrected chi connectivity index (χ3v) is 3.83. The molecule has 0 spiro atoms. The summed E-state index contributed by atoms with van der Waals surface area (Å²) in [5.41, 5.74) is 0.931. The number of amides is 2. The van der Waals surface area contributed by atoms with E-state index in [1.54, 1.807) is 31.2 Å². The second-order valence-electron chi connectivity index (χ2n) is 6.11. The van der Waals surface area contributed by atoms with E-state index in [0.29, 0.717) is 24.3 Å². The number of anilines is 1. The number of rotatable bonds is 11. The molecule has 1 unspecified atom stereocenters. The van der Waals surface area contributed by atoms with Crippen LogP contribution in [0.3, 0.4) is 0 Å². The van der Waals surface area contributed by atoms with Gasteiger partial charge in [-0.3, -0.25) is 0 Å². The van der Waals surface area contributed by atoms with Crippen LogP contribution in [0, 0.1) is 0 Å². The Balaban J connectivity index is 2.59. The molecule has 0 aromatic heterocycles. The molecule has 0 fully saturated rings. The van der Waals surface area contributed by atoms with Crippen LogP contribution >= 0.6 is 0 Å². The van der Waals surface area contributed by atoms with Gasteiger partial charge in [-0.25, -0.2) is 14.4 Å². The predicted octanol–water partition coefficient (Wildman–Crippen LogP) is 3.89. The Kier molecular flexibility index (Phi) is 10.6. The number of carbonyl (C=O) groups is 3. The van der Waals surface area contributed by atoms with E-state index in [1.807, 2.05) is 13.8 Å². The van der Waals surface area contributed by atoms with E-state index in [-0.39, 0.29) is 12.6 Å². The van der Waals surface area contributed by atoms with Gasteiger partial charge in [-0.05, 0) is 44.0 Å². The third kappa shape index (κ3) is 8.57. The summed E-state index contributed by atoms with van der Waals surface area (Å²) in [6.45, 7) is 6.42. The standard InChI is InChI=1S/C20H30N2O5/c1-4-7-9-17(19(24)26-6-3)22-20(25)21-16-12-10-15(11-13-16)18(23)27-14-8-5-2/h10-13,17H,4-9,14H2,1-3H3,(H2,21,22,25). The average molecular weight is 378 g/mol. The molecule has 150 valence electrons. The summed E-state index contributed by atoms with van der Waals surface area (Å²) in [7, 11) is 0. The zero-order valence-electron chi connectivity index (χ0n) is 16.4. The molecule has 0 heterocycles. The van der Waals surface area contributed by atoms with Crippen LogP contribution in [0.5, 0.6) is 0 Å². The van der Waals surface area contributed by atoms with Gasteiger partial charge >= 0.3 is 18.0 Å². The van der Waals surface area contributed by atoms with Crippen LogP contribution in [-0.4, -0.2) is 37.2 Å². The highest BCUT2D eigenvalue weighted by Crippen LogP contribution is 2.11. The molecule has 0 radical (unpaired) electrons. The molecule has 2 amide bonds. The minimum atomic E-state index is -0.683. The number of nitrogens with one attached hydrogen (secondary N) is 2. The molecule has 1 aromatic rings. The van der Waals surface area contributed by atoms with Crippen molar-refractivity contribution in [1.82, 2.24) is 5.32 Å². The topological polar surface area (TPSA) is 93.7 Å². The van der Waals surface area contributed by atoms with Gasteiger partial charge in [0, 0.05) is 5.69 Å². The Labute approximate surface area is 160 Å². The van der Waals surface area contributed by atoms with Crippen molar-refractivity contribution in [2.75, 3.05) is 18.5 Å². The smallest absolute Gasteiger partial charge is 0.338 e. The first kappa shape index (κ1) is 22.5. The molecule has 0 aliphatic rings. The minimum absolute atomic E-state index is 0.264. The summed E-state index contributed by atoms with van der Waals surface area (Å²) in [6, 6.07) is 5.22. The number of ether oxygens (including phenoxy) is 2. The maximum atomic E-state index is 12.2. The van der Waals surface area contributed by atoms with E-state index >= 15 is 0 Å². The maximum Gasteiger partial charge on any atom is 0.338 e. The fraction of sp³-hybridized carbons (Fsp3) is 0.550. The maximum absolute atomic E-state index is 12.2. The van der Waals surface area contributed by atoms with Gasteiger partial charge in [0.2, 0.25) is 0 Å². The third-order valence-electron chi connectivity index (χ3n) is 3.83. The van der Waals surface area contributed by atoms with Crippen molar-refractivity contribution in [2.45, 2.75) is 58.9 Å². The van der Waals surface area contributed by atoms with Crippen molar-refractivity contribution >= 4 is 23.7 Å². The number of urea groups is 1. The first-order valence-corrected chi connectivity index (χ1v) is 9.53. The van der Waals surface area contributed by atoms with E-state index in [9.17, 15) is 14.4 Å². The Morgan fingerprint density at radius 3 is 2.22 bits per heavy atom. The summed E-state index contributed by atoms with van der Waals surface area (Å²) in [5.74, 6) is -0.826. The number of carbonyl (C=O) groups excluding carboxylic acids is 3. The Bertz CT molecular complexity index is 601. The SMILES string of the molecule is CCCCOC(=O)c1ccc(NC(=O)NC(CCCC)C(=O)OCC)cc1. The second-order valence-corrected chi connectivity index (χ2v) is 6.11. The first-order chi connectivity index (χ1) is 13.0. The summed E-state index contributed by atoms with van der Waals surface area (Å²) < 4.78 is 10.1. The molecule has 7 nitrogen and oxygen atoms in total. The normalized spacial score (nSPS) is 11.4. The average Bonchev–Trinajstić information content (AvgIpc) is 2.66. The number of hydrogen-bond donors (Lipinski definition) is 2. The number of esters is 2. The Hall–Kier alpha value is -2.57. The molecule has 27 heavy (non-hydrogen) atoms. The summed E-state index contributed by atoms with van der Waals surface area (Å²) >= 11 is 0. The van der Waals surface area contributed by atoms with Crippen molar-refractivity contribution < 1.29 is 23.9 Å². The molecular weight excluding hydrogens is 348 g/mol. The second kappa shape index (κ2) is 12.7. The molecule has 7 heteroatoms. The lowest BCUT2D eigenvalue weighted by Gasteiger charge is -2.17. The monoisotopic (exact) mass is 378 g/mol. The summed E-state index contributed by atoms with van der Waals surface area (Å²) in [5, 5.41) is 5.29. The van der Waals surface area contributed by atoms with Crippen molar-refractivity contribution in [1.29, 1.82) is 0 Å². The van der Waals surface area contributed by atoms with E-state index < -0.39 is 18.0 Å². The van der Waals surface area contributed by atoms with Crippen LogP contribution in [0.4, 0.5) is 10.5 Å². The summed E-state index contributed by atoms with van der Waals surface area (Å²) in [6.07, 6.45) is 4.01. The van der Waals surface area contributed by atoms with Crippen molar-refractivity contribution in [3.05, 3.63) is 29.8 Å². The van der Waals surface area contributed by atoms with Crippen LogP contribution in [-0.2, 0) is 14.3 Å². The van der Waals surface area contributed by atoms with Crippen LogP contribution in [0.15, 0.2) is 24.3 Å². The van der Waals surface area contributed by atoms with Gasteiger partial charge in [0.1, 0.15) is 6.04 Å². The van der Waals surface area contributed by atoms with Crippen LogP contribution in [0.1, 0.15) is 63.2 Å².